The van der Waals surface area contributed by atoms with Gasteiger partial charge in [0, 0.05) is 12.5 Å². The Morgan fingerprint density at radius 2 is 2.13 bits per heavy atom. The highest BCUT2D eigenvalue weighted by atomic mass is 16.5. The van der Waals surface area contributed by atoms with Crippen LogP contribution in [0.25, 0.3) is 0 Å². The molecule has 0 aliphatic carbocycles. The van der Waals surface area contributed by atoms with Gasteiger partial charge in [-0.1, -0.05) is 13.8 Å². The topological polar surface area (TPSA) is 38.7 Å². The third kappa shape index (κ3) is 4.96. The van der Waals surface area contributed by atoms with Gasteiger partial charge in [0.05, 0.1) is 25.4 Å². The standard InChI is InChI=1S/C12H24O3/c1-9(2)6-10(3)15-8-12(13)11-4-5-14-7-11/h9-13H,4-8H2,1-3H3. The first-order valence-corrected chi connectivity index (χ1v) is 5.97. The van der Waals surface area contributed by atoms with Crippen molar-refractivity contribution in [2.75, 3.05) is 19.8 Å². The maximum Gasteiger partial charge on any atom is 0.0824 e. The van der Waals surface area contributed by atoms with Gasteiger partial charge in [-0.15, -0.1) is 0 Å². The van der Waals surface area contributed by atoms with Crippen LogP contribution in [0.4, 0.5) is 0 Å². The first-order valence-electron chi connectivity index (χ1n) is 5.97. The Morgan fingerprint density at radius 1 is 1.40 bits per heavy atom. The first-order chi connectivity index (χ1) is 7.09. The minimum absolute atomic E-state index is 0.238. The average molecular weight is 216 g/mol. The summed E-state index contributed by atoms with van der Waals surface area (Å²) in [6.45, 7) is 8.34. The van der Waals surface area contributed by atoms with E-state index in [4.69, 9.17) is 9.47 Å². The van der Waals surface area contributed by atoms with E-state index in [0.29, 0.717) is 19.1 Å². The molecule has 3 unspecified atom stereocenters. The number of aliphatic hydroxyl groups excluding tert-OH is 1. The van der Waals surface area contributed by atoms with Crippen molar-refractivity contribution in [2.45, 2.75) is 45.8 Å². The van der Waals surface area contributed by atoms with Crippen LogP contribution >= 0.6 is 0 Å². The summed E-state index contributed by atoms with van der Waals surface area (Å²) >= 11 is 0. The molecule has 1 rings (SSSR count). The van der Waals surface area contributed by atoms with E-state index >= 15 is 0 Å². The molecule has 1 N–H and O–H groups in total. The van der Waals surface area contributed by atoms with Crippen LogP contribution in [0.2, 0.25) is 0 Å². The zero-order valence-corrected chi connectivity index (χ0v) is 10.1. The van der Waals surface area contributed by atoms with Crippen LogP contribution in [0, 0.1) is 11.8 Å². The average Bonchev–Trinajstić information content (AvgIpc) is 2.65. The minimum atomic E-state index is -0.359. The van der Waals surface area contributed by atoms with Gasteiger partial charge in [-0.25, -0.2) is 0 Å². The predicted molar refractivity (Wildman–Crippen MR) is 59.8 cm³/mol. The highest BCUT2D eigenvalue weighted by molar-refractivity contribution is 4.72. The lowest BCUT2D eigenvalue weighted by molar-refractivity contribution is -0.0320. The van der Waals surface area contributed by atoms with Crippen molar-refractivity contribution in [1.82, 2.24) is 0 Å². The molecule has 1 aliphatic heterocycles. The zero-order valence-electron chi connectivity index (χ0n) is 10.1. The fraction of sp³-hybridized carbons (Fsp3) is 1.00. The van der Waals surface area contributed by atoms with Crippen molar-refractivity contribution in [2.24, 2.45) is 11.8 Å². The number of rotatable bonds is 6. The summed E-state index contributed by atoms with van der Waals surface area (Å²) in [7, 11) is 0. The van der Waals surface area contributed by atoms with Crippen LogP contribution in [-0.2, 0) is 9.47 Å². The lowest BCUT2D eigenvalue weighted by atomic mass is 10.0. The number of hydrogen-bond donors (Lipinski definition) is 1. The molecular formula is C12H24O3. The van der Waals surface area contributed by atoms with Gasteiger partial charge in [0.15, 0.2) is 0 Å². The van der Waals surface area contributed by atoms with E-state index in [9.17, 15) is 5.11 Å². The second kappa shape index (κ2) is 6.46. The third-order valence-corrected chi connectivity index (χ3v) is 2.86. The molecule has 0 amide bonds. The lowest BCUT2D eigenvalue weighted by Gasteiger charge is -2.20. The van der Waals surface area contributed by atoms with Gasteiger partial charge in [0.1, 0.15) is 0 Å². The highest BCUT2D eigenvalue weighted by Crippen LogP contribution is 2.17. The van der Waals surface area contributed by atoms with Crippen molar-refractivity contribution >= 4 is 0 Å². The zero-order chi connectivity index (χ0) is 11.3. The normalized spacial score (nSPS) is 25.8. The summed E-state index contributed by atoms with van der Waals surface area (Å²) in [4.78, 5) is 0. The fourth-order valence-corrected chi connectivity index (χ4v) is 1.99. The van der Waals surface area contributed by atoms with Gasteiger partial charge < -0.3 is 14.6 Å². The quantitative estimate of drug-likeness (QED) is 0.736. The number of aliphatic hydroxyl groups is 1. The van der Waals surface area contributed by atoms with Crippen molar-refractivity contribution < 1.29 is 14.6 Å². The number of hydrogen-bond acceptors (Lipinski definition) is 3. The molecule has 0 spiro atoms. The summed E-state index contributed by atoms with van der Waals surface area (Å²) in [6.07, 6.45) is 1.89. The van der Waals surface area contributed by atoms with Crippen LogP contribution in [0.1, 0.15) is 33.6 Å². The molecule has 0 bridgehead atoms. The Morgan fingerprint density at radius 3 is 2.67 bits per heavy atom. The van der Waals surface area contributed by atoms with E-state index < -0.39 is 0 Å². The predicted octanol–water partition coefficient (Wildman–Crippen LogP) is 1.83. The summed E-state index contributed by atoms with van der Waals surface area (Å²) in [6, 6.07) is 0. The molecule has 0 aromatic carbocycles. The summed E-state index contributed by atoms with van der Waals surface area (Å²) in [5.41, 5.74) is 0. The molecule has 0 aromatic heterocycles. The van der Waals surface area contributed by atoms with Gasteiger partial charge in [-0.2, -0.15) is 0 Å². The van der Waals surface area contributed by atoms with Crippen molar-refractivity contribution in [3.63, 3.8) is 0 Å². The highest BCUT2D eigenvalue weighted by Gasteiger charge is 2.24. The first kappa shape index (κ1) is 12.9. The fourth-order valence-electron chi connectivity index (χ4n) is 1.99. The van der Waals surface area contributed by atoms with Gasteiger partial charge in [0.2, 0.25) is 0 Å². The van der Waals surface area contributed by atoms with Crippen molar-refractivity contribution in [1.29, 1.82) is 0 Å². The van der Waals surface area contributed by atoms with Crippen LogP contribution in [0.3, 0.4) is 0 Å². The maximum atomic E-state index is 9.83. The van der Waals surface area contributed by atoms with Crippen molar-refractivity contribution in [3.05, 3.63) is 0 Å². The van der Waals surface area contributed by atoms with E-state index in [1.54, 1.807) is 0 Å². The Balaban J connectivity index is 2.12. The molecule has 0 radical (unpaired) electrons. The SMILES string of the molecule is CC(C)CC(C)OCC(O)C1CCOC1. The smallest absolute Gasteiger partial charge is 0.0824 e. The summed E-state index contributed by atoms with van der Waals surface area (Å²) in [5.74, 6) is 0.920. The molecule has 90 valence electrons. The Labute approximate surface area is 92.8 Å². The third-order valence-electron chi connectivity index (χ3n) is 2.86. The molecule has 15 heavy (non-hydrogen) atoms. The van der Waals surface area contributed by atoms with Crippen LogP contribution in [0.15, 0.2) is 0 Å². The molecule has 1 saturated heterocycles. The molecule has 1 fully saturated rings. The molecule has 3 atom stereocenters. The summed E-state index contributed by atoms with van der Waals surface area (Å²) in [5, 5.41) is 9.83. The largest absolute Gasteiger partial charge is 0.390 e. The maximum absolute atomic E-state index is 9.83. The molecule has 0 aromatic rings. The number of ether oxygens (including phenoxy) is 2. The van der Waals surface area contributed by atoms with Crippen LogP contribution in [-0.4, -0.2) is 37.1 Å². The Hall–Kier alpha value is -0.120. The van der Waals surface area contributed by atoms with Gasteiger partial charge in [-0.05, 0) is 25.7 Å². The molecular weight excluding hydrogens is 192 g/mol. The lowest BCUT2D eigenvalue weighted by Crippen LogP contribution is -2.28. The molecule has 1 aliphatic rings. The van der Waals surface area contributed by atoms with Gasteiger partial charge in [0.25, 0.3) is 0 Å². The Kier molecular flexibility index (Phi) is 5.58. The second-order valence-electron chi connectivity index (χ2n) is 4.96. The summed E-state index contributed by atoms with van der Waals surface area (Å²) < 4.78 is 10.9. The van der Waals surface area contributed by atoms with Gasteiger partial charge >= 0.3 is 0 Å². The molecule has 3 nitrogen and oxygen atoms in total. The van der Waals surface area contributed by atoms with Gasteiger partial charge in [-0.3, -0.25) is 0 Å². The monoisotopic (exact) mass is 216 g/mol. The minimum Gasteiger partial charge on any atom is -0.390 e. The van der Waals surface area contributed by atoms with Crippen LogP contribution < -0.4 is 0 Å². The van der Waals surface area contributed by atoms with E-state index in [1.165, 1.54) is 0 Å². The van der Waals surface area contributed by atoms with Crippen molar-refractivity contribution in [3.8, 4) is 0 Å². The van der Waals surface area contributed by atoms with E-state index in [-0.39, 0.29) is 18.1 Å². The molecule has 1 heterocycles. The molecule has 0 saturated carbocycles. The molecule has 3 heteroatoms. The van der Waals surface area contributed by atoms with E-state index in [1.807, 2.05) is 0 Å². The second-order valence-corrected chi connectivity index (χ2v) is 4.96. The van der Waals surface area contributed by atoms with E-state index in [0.717, 1.165) is 19.4 Å². The van der Waals surface area contributed by atoms with E-state index in [2.05, 4.69) is 20.8 Å². The Bertz CT molecular complexity index is 164. The van der Waals surface area contributed by atoms with Crippen LogP contribution in [0.5, 0.6) is 0 Å².